The number of hydrogen-bond acceptors (Lipinski definition) is 4. The van der Waals surface area contributed by atoms with Gasteiger partial charge in [0.2, 0.25) is 17.7 Å². The van der Waals surface area contributed by atoms with E-state index in [0.29, 0.717) is 18.7 Å². The molecule has 6 nitrogen and oxygen atoms in total. The number of halogens is 1. The van der Waals surface area contributed by atoms with Crippen molar-refractivity contribution in [2.75, 3.05) is 5.32 Å². The molecule has 1 aliphatic rings. The fraction of sp³-hybridized carbons (Fsp3) is 0.385. The Labute approximate surface area is 122 Å². The molecule has 3 amide bonds. The van der Waals surface area contributed by atoms with E-state index in [1.165, 1.54) is 13.1 Å². The zero-order chi connectivity index (χ0) is 14.0. The number of aromatic nitrogens is 1. The van der Waals surface area contributed by atoms with Crippen LogP contribution < -0.4 is 10.6 Å². The molecule has 1 aromatic rings. The Morgan fingerprint density at radius 3 is 2.75 bits per heavy atom. The molecule has 108 valence electrons. The summed E-state index contributed by atoms with van der Waals surface area (Å²) in [5.41, 5.74) is -0.0411. The Hall–Kier alpha value is -1.95. The summed E-state index contributed by atoms with van der Waals surface area (Å²) in [6, 6.07) is 3.39. The molecule has 0 bridgehead atoms. The molecule has 1 aliphatic heterocycles. The summed E-state index contributed by atoms with van der Waals surface area (Å²) in [5, 5.41) is 4.92. The Bertz CT molecular complexity index is 562. The van der Waals surface area contributed by atoms with Crippen molar-refractivity contribution in [3.05, 3.63) is 23.9 Å². The van der Waals surface area contributed by atoms with E-state index in [1.807, 2.05) is 0 Å². The lowest BCUT2D eigenvalue weighted by atomic mass is 9.76. The van der Waals surface area contributed by atoms with Crippen LogP contribution in [0.25, 0.3) is 0 Å². The minimum absolute atomic E-state index is 0. The van der Waals surface area contributed by atoms with Gasteiger partial charge in [0.1, 0.15) is 5.82 Å². The maximum atomic E-state index is 12.0. The lowest BCUT2D eigenvalue weighted by Gasteiger charge is -2.32. The van der Waals surface area contributed by atoms with Crippen molar-refractivity contribution < 1.29 is 14.4 Å². The van der Waals surface area contributed by atoms with Crippen LogP contribution in [0.4, 0.5) is 5.82 Å². The molecule has 1 atom stereocenters. The Morgan fingerprint density at radius 1 is 1.45 bits per heavy atom. The third kappa shape index (κ3) is 3.14. The number of pyridine rings is 1. The molecule has 0 radical (unpaired) electrons. The number of piperidine rings is 1. The molecule has 1 saturated heterocycles. The topological polar surface area (TPSA) is 88.2 Å². The van der Waals surface area contributed by atoms with Crippen LogP contribution in [0, 0.1) is 0 Å². The smallest absolute Gasteiger partial charge is 0.236 e. The van der Waals surface area contributed by atoms with Crippen LogP contribution in [0.2, 0.25) is 0 Å². The molecule has 1 fully saturated rings. The van der Waals surface area contributed by atoms with Gasteiger partial charge in [-0.3, -0.25) is 19.7 Å². The van der Waals surface area contributed by atoms with Gasteiger partial charge in [-0.2, -0.15) is 0 Å². The van der Waals surface area contributed by atoms with Crippen molar-refractivity contribution in [1.82, 2.24) is 10.3 Å². The van der Waals surface area contributed by atoms with E-state index >= 15 is 0 Å². The van der Waals surface area contributed by atoms with E-state index in [1.54, 1.807) is 19.1 Å². The van der Waals surface area contributed by atoms with Crippen LogP contribution in [-0.2, 0) is 19.8 Å². The average Bonchev–Trinajstić information content (AvgIpc) is 2.34. The first-order valence-electron chi connectivity index (χ1n) is 6.00. The van der Waals surface area contributed by atoms with Crippen molar-refractivity contribution in [2.45, 2.75) is 32.1 Å². The first-order chi connectivity index (χ1) is 8.91. The number of carbonyl (C=O) groups excluding carboxylic acids is 3. The number of nitrogens with one attached hydrogen (secondary N) is 2. The highest BCUT2D eigenvalue weighted by Crippen LogP contribution is 2.32. The summed E-state index contributed by atoms with van der Waals surface area (Å²) in [6.45, 7) is 3.17. The zero-order valence-corrected chi connectivity index (χ0v) is 12.0. The first-order valence-corrected chi connectivity index (χ1v) is 6.00. The van der Waals surface area contributed by atoms with Gasteiger partial charge in [0.05, 0.1) is 5.41 Å². The summed E-state index contributed by atoms with van der Waals surface area (Å²) in [7, 11) is 0. The fourth-order valence-electron chi connectivity index (χ4n) is 2.10. The van der Waals surface area contributed by atoms with Gasteiger partial charge in [0.25, 0.3) is 0 Å². The minimum atomic E-state index is -0.774. The van der Waals surface area contributed by atoms with Crippen LogP contribution in [-0.4, -0.2) is 22.7 Å². The normalized spacial score (nSPS) is 21.7. The summed E-state index contributed by atoms with van der Waals surface area (Å²) in [6.07, 6.45) is 2.29. The summed E-state index contributed by atoms with van der Waals surface area (Å²) in [4.78, 5) is 38.3. The Kier molecular flexibility index (Phi) is 4.83. The van der Waals surface area contributed by atoms with Gasteiger partial charge in [0.15, 0.2) is 0 Å². The van der Waals surface area contributed by atoms with Gasteiger partial charge in [-0.1, -0.05) is 0 Å². The molecule has 2 rings (SSSR count). The van der Waals surface area contributed by atoms with Crippen LogP contribution in [0.1, 0.15) is 32.3 Å². The van der Waals surface area contributed by atoms with Crippen molar-refractivity contribution in [2.24, 2.45) is 0 Å². The van der Waals surface area contributed by atoms with Gasteiger partial charge in [-0.25, -0.2) is 4.98 Å². The highest BCUT2D eigenvalue weighted by molar-refractivity contribution is 6.03. The molecule has 0 unspecified atom stereocenters. The lowest BCUT2D eigenvalue weighted by Crippen LogP contribution is -2.49. The van der Waals surface area contributed by atoms with Crippen molar-refractivity contribution in [3.63, 3.8) is 0 Å². The van der Waals surface area contributed by atoms with Crippen molar-refractivity contribution in [1.29, 1.82) is 0 Å². The summed E-state index contributed by atoms with van der Waals surface area (Å²) in [5.74, 6) is -0.392. The SMILES string of the molecule is CC(=O)Nc1cc([C@]2(C)CCC(=O)NC2=O)ccn1.Cl. The molecule has 2 N–H and O–H groups in total. The summed E-state index contributed by atoms with van der Waals surface area (Å²) < 4.78 is 0. The number of anilines is 1. The molecule has 20 heavy (non-hydrogen) atoms. The molecular weight excluding hydrogens is 282 g/mol. The number of carbonyl (C=O) groups is 3. The fourth-order valence-corrected chi connectivity index (χ4v) is 2.10. The number of imide groups is 1. The second-order valence-electron chi connectivity index (χ2n) is 4.82. The van der Waals surface area contributed by atoms with E-state index in [-0.39, 0.29) is 30.1 Å². The van der Waals surface area contributed by atoms with Gasteiger partial charge in [-0.05, 0) is 31.0 Å². The highest BCUT2D eigenvalue weighted by atomic mass is 35.5. The molecule has 2 heterocycles. The predicted octanol–water partition coefficient (Wildman–Crippen LogP) is 1.16. The quantitative estimate of drug-likeness (QED) is 0.802. The number of hydrogen-bond donors (Lipinski definition) is 2. The van der Waals surface area contributed by atoms with Crippen LogP contribution in [0.15, 0.2) is 18.3 Å². The van der Waals surface area contributed by atoms with E-state index in [4.69, 9.17) is 0 Å². The standard InChI is InChI=1S/C13H15N3O3.ClH/c1-8(17)15-10-7-9(4-6-14-10)13(2)5-3-11(18)16-12(13)19;/h4,6-7H,3,5H2,1-2H3,(H,14,15,17)(H,16,18,19);1H/t13-;/m0./s1. The van der Waals surface area contributed by atoms with E-state index in [2.05, 4.69) is 15.6 Å². The van der Waals surface area contributed by atoms with Gasteiger partial charge >= 0.3 is 0 Å². The molecule has 7 heteroatoms. The van der Waals surface area contributed by atoms with Crippen LogP contribution in [0.3, 0.4) is 0 Å². The second-order valence-corrected chi connectivity index (χ2v) is 4.82. The highest BCUT2D eigenvalue weighted by Gasteiger charge is 2.40. The van der Waals surface area contributed by atoms with Gasteiger partial charge < -0.3 is 5.32 Å². The van der Waals surface area contributed by atoms with E-state index < -0.39 is 5.41 Å². The molecule has 0 aliphatic carbocycles. The Morgan fingerprint density at radius 2 is 2.15 bits per heavy atom. The molecule has 0 aromatic carbocycles. The summed E-state index contributed by atoms with van der Waals surface area (Å²) >= 11 is 0. The maximum absolute atomic E-state index is 12.0. The monoisotopic (exact) mass is 297 g/mol. The third-order valence-corrected chi connectivity index (χ3v) is 3.31. The maximum Gasteiger partial charge on any atom is 0.236 e. The zero-order valence-electron chi connectivity index (χ0n) is 11.2. The molecular formula is C13H16ClN3O3. The van der Waals surface area contributed by atoms with E-state index in [0.717, 1.165) is 5.56 Å². The second kappa shape index (κ2) is 6.00. The van der Waals surface area contributed by atoms with Gasteiger partial charge in [-0.15, -0.1) is 12.4 Å². The number of rotatable bonds is 2. The molecule has 0 saturated carbocycles. The lowest BCUT2D eigenvalue weighted by molar-refractivity contribution is -0.137. The number of amides is 3. The van der Waals surface area contributed by atoms with Crippen molar-refractivity contribution in [3.8, 4) is 0 Å². The van der Waals surface area contributed by atoms with Gasteiger partial charge in [0, 0.05) is 19.5 Å². The number of nitrogens with zero attached hydrogens (tertiary/aromatic N) is 1. The van der Waals surface area contributed by atoms with Crippen molar-refractivity contribution >= 4 is 35.9 Å². The first kappa shape index (κ1) is 16.1. The van der Waals surface area contributed by atoms with Crippen LogP contribution >= 0.6 is 12.4 Å². The van der Waals surface area contributed by atoms with E-state index in [9.17, 15) is 14.4 Å². The van der Waals surface area contributed by atoms with Crippen LogP contribution in [0.5, 0.6) is 0 Å². The third-order valence-electron chi connectivity index (χ3n) is 3.31. The molecule has 0 spiro atoms. The average molecular weight is 298 g/mol. The predicted molar refractivity (Wildman–Crippen MR) is 75.5 cm³/mol. The Balaban J connectivity index is 0.00000200. The minimum Gasteiger partial charge on any atom is -0.311 e. The largest absolute Gasteiger partial charge is 0.311 e. The molecule has 1 aromatic heterocycles.